The van der Waals surface area contributed by atoms with Crippen molar-refractivity contribution in [2.45, 2.75) is 32.3 Å². The third-order valence-electron chi connectivity index (χ3n) is 5.96. The second-order valence-corrected chi connectivity index (χ2v) is 9.86. The van der Waals surface area contributed by atoms with Crippen molar-refractivity contribution >= 4 is 45.3 Å². The van der Waals surface area contributed by atoms with Gasteiger partial charge in [-0.25, -0.2) is 4.98 Å². The smallest absolute Gasteiger partial charge is 0.173 e. The number of carbonyl (C=O) groups is 1. The molecule has 1 aromatic carbocycles. The second kappa shape index (κ2) is 10.1. The fourth-order valence-electron chi connectivity index (χ4n) is 3.98. The number of ketones is 1. The monoisotopic (exact) mass is 457 g/mol. The van der Waals surface area contributed by atoms with Crippen molar-refractivity contribution in [1.82, 2.24) is 9.88 Å². The fourth-order valence-corrected chi connectivity index (χ4v) is 5.28. The molecule has 1 aliphatic rings. The molecular weight excluding hydrogens is 430 g/mol. The van der Waals surface area contributed by atoms with E-state index in [1.54, 1.807) is 12.3 Å². The summed E-state index contributed by atoms with van der Waals surface area (Å²) in [6, 6.07) is 9.78. The Bertz CT molecular complexity index is 1060. The van der Waals surface area contributed by atoms with Gasteiger partial charge in [-0.1, -0.05) is 29.8 Å². The van der Waals surface area contributed by atoms with Crippen LogP contribution in [0.4, 0.5) is 5.82 Å². The number of ether oxygens (including phenoxy) is 1. The number of aromatic nitrogens is 1. The molecule has 0 aliphatic carbocycles. The van der Waals surface area contributed by atoms with Gasteiger partial charge in [-0.3, -0.25) is 4.79 Å². The number of hydrogen-bond donors (Lipinski definition) is 1. The van der Waals surface area contributed by atoms with Crippen LogP contribution in [-0.4, -0.2) is 42.4 Å². The highest BCUT2D eigenvalue weighted by atomic mass is 35.5. The van der Waals surface area contributed by atoms with E-state index in [0.717, 1.165) is 40.9 Å². The molecular formula is C24H28ClN3O2S. The molecule has 0 unspecified atom stereocenters. The average molecular weight is 458 g/mol. The molecule has 1 aliphatic heterocycles. The predicted molar refractivity (Wildman–Crippen MR) is 128 cm³/mol. The summed E-state index contributed by atoms with van der Waals surface area (Å²) >= 11 is 7.84. The van der Waals surface area contributed by atoms with Crippen LogP contribution in [0.2, 0.25) is 5.02 Å². The lowest BCUT2D eigenvalue weighted by Crippen LogP contribution is -2.31. The van der Waals surface area contributed by atoms with Crippen molar-refractivity contribution in [3.63, 3.8) is 0 Å². The lowest BCUT2D eigenvalue weighted by Gasteiger charge is -2.28. The van der Waals surface area contributed by atoms with Gasteiger partial charge >= 0.3 is 0 Å². The molecule has 164 valence electrons. The van der Waals surface area contributed by atoms with E-state index >= 15 is 0 Å². The number of nitrogens with zero attached hydrogens (tertiary/aromatic N) is 2. The molecule has 2 aromatic heterocycles. The molecule has 3 heterocycles. The highest BCUT2D eigenvalue weighted by molar-refractivity contribution is 7.14. The zero-order chi connectivity index (χ0) is 21.8. The Labute approximate surface area is 192 Å². The number of carbonyl (C=O) groups excluding carboxylic acids is 1. The Morgan fingerprint density at radius 2 is 2.10 bits per heavy atom. The number of aryl methyl sites for hydroxylation is 1. The van der Waals surface area contributed by atoms with E-state index < -0.39 is 0 Å². The number of piperidine rings is 1. The second-order valence-electron chi connectivity index (χ2n) is 8.32. The van der Waals surface area contributed by atoms with Crippen LogP contribution in [0.3, 0.4) is 0 Å². The molecule has 0 spiro atoms. The van der Waals surface area contributed by atoms with Crippen LogP contribution >= 0.6 is 22.9 Å². The van der Waals surface area contributed by atoms with E-state index in [1.807, 2.05) is 18.2 Å². The molecule has 4 rings (SSSR count). The van der Waals surface area contributed by atoms with Gasteiger partial charge in [-0.05, 0) is 68.4 Å². The molecule has 7 heteroatoms. The van der Waals surface area contributed by atoms with Crippen molar-refractivity contribution in [2.75, 3.05) is 32.5 Å². The van der Waals surface area contributed by atoms with Gasteiger partial charge < -0.3 is 15.4 Å². The standard InChI is InChI=1S/C24H28ClN3O2S/c1-28-10-7-17(8-11-28)14-30-15-23-20(25)13-22(31-23)21(29)5-3-16-2-4-19-18(12-16)6-9-27-24(19)26/h2,4,6,9,12-13,17H,3,5,7-8,10-11,14-15H2,1H3,(H2,26,27). The van der Waals surface area contributed by atoms with Crippen LogP contribution in [0.25, 0.3) is 10.8 Å². The number of rotatable bonds is 8. The average Bonchev–Trinajstić information content (AvgIpc) is 3.14. The van der Waals surface area contributed by atoms with Crippen LogP contribution in [0.5, 0.6) is 0 Å². The Kier molecular flexibility index (Phi) is 7.23. The van der Waals surface area contributed by atoms with Crippen LogP contribution in [0.1, 0.15) is 39.4 Å². The number of benzene rings is 1. The van der Waals surface area contributed by atoms with Crippen molar-refractivity contribution in [3.8, 4) is 0 Å². The fraction of sp³-hybridized carbons (Fsp3) is 0.417. The quantitative estimate of drug-likeness (QED) is 0.470. The number of Topliss-reactive ketones (excluding diaryl/α,β-unsaturated/α-hetero) is 1. The number of anilines is 1. The topological polar surface area (TPSA) is 68.5 Å². The molecule has 1 saturated heterocycles. The number of hydrogen-bond acceptors (Lipinski definition) is 6. The lowest BCUT2D eigenvalue weighted by atomic mass is 9.98. The van der Waals surface area contributed by atoms with Gasteiger partial charge in [0.1, 0.15) is 5.82 Å². The van der Waals surface area contributed by atoms with Crippen LogP contribution in [-0.2, 0) is 17.8 Å². The summed E-state index contributed by atoms with van der Waals surface area (Å²) in [5.41, 5.74) is 7.02. The highest BCUT2D eigenvalue weighted by Crippen LogP contribution is 2.30. The lowest BCUT2D eigenvalue weighted by molar-refractivity contribution is 0.0636. The molecule has 0 amide bonds. The summed E-state index contributed by atoms with van der Waals surface area (Å²) in [5, 5.41) is 2.61. The largest absolute Gasteiger partial charge is 0.383 e. The minimum absolute atomic E-state index is 0.114. The third kappa shape index (κ3) is 5.63. The van der Waals surface area contributed by atoms with Gasteiger partial charge in [-0.15, -0.1) is 11.3 Å². The number of nitrogens with two attached hydrogens (primary N) is 1. The van der Waals surface area contributed by atoms with Gasteiger partial charge in [-0.2, -0.15) is 0 Å². The summed E-state index contributed by atoms with van der Waals surface area (Å²) in [4.78, 5) is 20.8. The summed E-state index contributed by atoms with van der Waals surface area (Å²) in [6.45, 7) is 3.50. The minimum Gasteiger partial charge on any atom is -0.383 e. The molecule has 31 heavy (non-hydrogen) atoms. The number of likely N-dealkylation sites (tertiary alicyclic amines) is 1. The minimum atomic E-state index is 0.114. The Morgan fingerprint density at radius 1 is 1.29 bits per heavy atom. The van der Waals surface area contributed by atoms with Crippen molar-refractivity contribution in [2.24, 2.45) is 5.92 Å². The zero-order valence-electron chi connectivity index (χ0n) is 17.8. The van der Waals surface area contributed by atoms with Crippen molar-refractivity contribution in [3.05, 3.63) is 56.9 Å². The molecule has 5 nitrogen and oxygen atoms in total. The Balaban J connectivity index is 1.30. The first-order chi connectivity index (χ1) is 15.0. The first-order valence-electron chi connectivity index (χ1n) is 10.7. The van der Waals surface area contributed by atoms with E-state index in [0.29, 0.717) is 41.1 Å². The SMILES string of the molecule is CN1CCC(COCc2sc(C(=O)CCc3ccc4c(N)nccc4c3)cc2Cl)CC1. The molecule has 0 saturated carbocycles. The number of pyridine rings is 1. The normalized spacial score (nSPS) is 15.5. The molecule has 0 bridgehead atoms. The van der Waals surface area contributed by atoms with Crippen molar-refractivity contribution in [1.29, 1.82) is 0 Å². The van der Waals surface area contributed by atoms with Crippen LogP contribution < -0.4 is 5.73 Å². The van der Waals surface area contributed by atoms with Gasteiger partial charge in [0.05, 0.1) is 16.5 Å². The van der Waals surface area contributed by atoms with Crippen LogP contribution in [0, 0.1) is 5.92 Å². The maximum atomic E-state index is 12.7. The van der Waals surface area contributed by atoms with Gasteiger partial charge in [0.15, 0.2) is 5.78 Å². The Hall–Kier alpha value is -1.99. The van der Waals surface area contributed by atoms with E-state index in [2.05, 4.69) is 23.0 Å². The third-order valence-corrected chi connectivity index (χ3v) is 7.56. The summed E-state index contributed by atoms with van der Waals surface area (Å²) < 4.78 is 5.93. The first kappa shape index (κ1) is 22.2. The van der Waals surface area contributed by atoms with Crippen molar-refractivity contribution < 1.29 is 9.53 Å². The molecule has 0 radical (unpaired) electrons. The zero-order valence-corrected chi connectivity index (χ0v) is 19.3. The predicted octanol–water partition coefficient (Wildman–Crippen LogP) is 5.21. The molecule has 0 atom stereocenters. The number of fused-ring (bicyclic) bond motifs is 1. The maximum absolute atomic E-state index is 12.7. The van der Waals surface area contributed by atoms with Crippen LogP contribution in [0.15, 0.2) is 36.5 Å². The molecule has 1 fully saturated rings. The highest BCUT2D eigenvalue weighted by Gasteiger charge is 2.18. The summed E-state index contributed by atoms with van der Waals surface area (Å²) in [7, 11) is 2.16. The molecule has 3 aromatic rings. The van der Waals surface area contributed by atoms with E-state index in [1.165, 1.54) is 24.2 Å². The molecule has 2 N–H and O–H groups in total. The summed E-state index contributed by atoms with van der Waals surface area (Å²) in [6.07, 6.45) is 5.18. The Morgan fingerprint density at radius 3 is 2.90 bits per heavy atom. The van der Waals surface area contributed by atoms with E-state index in [9.17, 15) is 4.79 Å². The van der Waals surface area contributed by atoms with E-state index in [4.69, 9.17) is 22.1 Å². The number of nitrogen functional groups attached to an aromatic ring is 1. The number of halogens is 1. The maximum Gasteiger partial charge on any atom is 0.173 e. The van der Waals surface area contributed by atoms with Gasteiger partial charge in [0.2, 0.25) is 0 Å². The van der Waals surface area contributed by atoms with E-state index in [-0.39, 0.29) is 5.78 Å². The first-order valence-corrected chi connectivity index (χ1v) is 11.9. The van der Waals surface area contributed by atoms with Gasteiger partial charge in [0.25, 0.3) is 0 Å². The number of thiophene rings is 1. The summed E-state index contributed by atoms with van der Waals surface area (Å²) in [5.74, 6) is 1.26. The van der Waals surface area contributed by atoms with Gasteiger partial charge in [0, 0.05) is 29.5 Å².